The summed E-state index contributed by atoms with van der Waals surface area (Å²) in [7, 11) is 4.74. The summed E-state index contributed by atoms with van der Waals surface area (Å²) >= 11 is 0. The molecule has 0 N–H and O–H groups in total. The molecule has 6 heteroatoms. The molecule has 1 aromatic heterocycles. The molecule has 31 heavy (non-hydrogen) atoms. The van der Waals surface area contributed by atoms with Gasteiger partial charge in [0.05, 0.1) is 27.4 Å². The lowest BCUT2D eigenvalue weighted by Crippen LogP contribution is -2.41. The van der Waals surface area contributed by atoms with E-state index in [1.807, 2.05) is 29.2 Å². The van der Waals surface area contributed by atoms with Gasteiger partial charge in [0.25, 0.3) is 0 Å². The van der Waals surface area contributed by atoms with E-state index in [1.165, 1.54) is 0 Å². The number of hydrogen-bond donors (Lipinski definition) is 0. The molecule has 6 nitrogen and oxygen atoms in total. The standard InChI is InChI=1S/C25H26N2O4/c1-29-21-17-23(31-3)22(30-2)16-19(21)11-12-24(28)27-15-14-26-13-7-10-20(26)25(27)18-8-5-4-6-9-18/h4-13,16-17,25H,14-15H2,1-3H3/b12-11+/t25-/m0/s1. The summed E-state index contributed by atoms with van der Waals surface area (Å²) < 4.78 is 18.4. The van der Waals surface area contributed by atoms with Crippen LogP contribution in [0.2, 0.25) is 0 Å². The number of benzene rings is 2. The second-order valence-corrected chi connectivity index (χ2v) is 7.25. The number of fused-ring (bicyclic) bond motifs is 1. The highest BCUT2D eigenvalue weighted by Gasteiger charge is 2.31. The maximum atomic E-state index is 13.3. The summed E-state index contributed by atoms with van der Waals surface area (Å²) in [5.74, 6) is 1.70. The molecule has 160 valence electrons. The first-order chi connectivity index (χ1) is 15.2. The highest BCUT2D eigenvalue weighted by atomic mass is 16.5. The van der Waals surface area contributed by atoms with E-state index in [-0.39, 0.29) is 11.9 Å². The van der Waals surface area contributed by atoms with Crippen LogP contribution in [-0.2, 0) is 11.3 Å². The number of amides is 1. The first kappa shape index (κ1) is 20.6. The number of ether oxygens (including phenoxy) is 3. The zero-order valence-corrected chi connectivity index (χ0v) is 17.9. The van der Waals surface area contributed by atoms with E-state index in [1.54, 1.807) is 45.6 Å². The van der Waals surface area contributed by atoms with Gasteiger partial charge in [0.1, 0.15) is 5.75 Å². The van der Waals surface area contributed by atoms with E-state index in [0.29, 0.717) is 23.8 Å². The van der Waals surface area contributed by atoms with Gasteiger partial charge in [0.15, 0.2) is 11.5 Å². The number of nitrogens with zero attached hydrogens (tertiary/aromatic N) is 2. The molecule has 2 heterocycles. The molecule has 0 fully saturated rings. The number of carbonyl (C=O) groups excluding carboxylic acids is 1. The maximum Gasteiger partial charge on any atom is 0.247 e. The molecule has 0 spiro atoms. The SMILES string of the molecule is COc1cc(OC)c(OC)cc1/C=C/C(=O)N1CCn2cccc2[C@@H]1c1ccccc1. The fourth-order valence-corrected chi connectivity index (χ4v) is 4.05. The van der Waals surface area contributed by atoms with Crippen LogP contribution in [0.5, 0.6) is 17.2 Å². The minimum Gasteiger partial charge on any atom is -0.496 e. The van der Waals surface area contributed by atoms with Crippen LogP contribution in [0, 0.1) is 0 Å². The van der Waals surface area contributed by atoms with Crippen molar-refractivity contribution in [2.45, 2.75) is 12.6 Å². The van der Waals surface area contributed by atoms with Gasteiger partial charge in [-0.2, -0.15) is 0 Å². The van der Waals surface area contributed by atoms with Crippen molar-refractivity contribution < 1.29 is 19.0 Å². The van der Waals surface area contributed by atoms with Crippen LogP contribution in [0.3, 0.4) is 0 Å². The van der Waals surface area contributed by atoms with E-state index in [9.17, 15) is 4.79 Å². The molecule has 1 aliphatic heterocycles. The summed E-state index contributed by atoms with van der Waals surface area (Å²) in [4.78, 5) is 15.2. The van der Waals surface area contributed by atoms with Gasteiger partial charge in [0.2, 0.25) is 5.91 Å². The fourth-order valence-electron chi connectivity index (χ4n) is 4.05. The van der Waals surface area contributed by atoms with Gasteiger partial charge in [-0.1, -0.05) is 30.3 Å². The van der Waals surface area contributed by atoms with Gasteiger partial charge in [-0.3, -0.25) is 4.79 Å². The first-order valence-electron chi connectivity index (χ1n) is 10.1. The molecule has 3 aromatic rings. The summed E-state index contributed by atoms with van der Waals surface area (Å²) in [5, 5.41) is 0. The fraction of sp³-hybridized carbons (Fsp3) is 0.240. The molecule has 1 amide bonds. The zero-order valence-electron chi connectivity index (χ0n) is 17.9. The van der Waals surface area contributed by atoms with Crippen LogP contribution >= 0.6 is 0 Å². The highest BCUT2D eigenvalue weighted by Crippen LogP contribution is 2.36. The molecular weight excluding hydrogens is 392 g/mol. The third-order valence-corrected chi connectivity index (χ3v) is 5.58. The highest BCUT2D eigenvalue weighted by molar-refractivity contribution is 5.93. The van der Waals surface area contributed by atoms with Gasteiger partial charge in [-0.05, 0) is 29.8 Å². The Morgan fingerprint density at radius 2 is 1.61 bits per heavy atom. The second-order valence-electron chi connectivity index (χ2n) is 7.25. The minimum atomic E-state index is -0.130. The molecule has 0 radical (unpaired) electrons. The van der Waals surface area contributed by atoms with Crippen molar-refractivity contribution >= 4 is 12.0 Å². The largest absolute Gasteiger partial charge is 0.496 e. The Balaban J connectivity index is 1.66. The Labute approximate surface area is 182 Å². The summed E-state index contributed by atoms with van der Waals surface area (Å²) in [6.07, 6.45) is 5.43. The van der Waals surface area contributed by atoms with Crippen molar-refractivity contribution in [2.75, 3.05) is 27.9 Å². The lowest BCUT2D eigenvalue weighted by Gasteiger charge is -2.36. The van der Waals surface area contributed by atoms with Crippen LogP contribution in [0.25, 0.3) is 6.08 Å². The van der Waals surface area contributed by atoms with E-state index in [0.717, 1.165) is 23.4 Å². The van der Waals surface area contributed by atoms with Gasteiger partial charge in [-0.25, -0.2) is 0 Å². The number of hydrogen-bond acceptors (Lipinski definition) is 4. The maximum absolute atomic E-state index is 13.3. The van der Waals surface area contributed by atoms with Gasteiger partial charge in [0, 0.05) is 42.7 Å². The molecular formula is C25H26N2O4. The van der Waals surface area contributed by atoms with Crippen LogP contribution in [0.15, 0.2) is 66.9 Å². The molecule has 0 saturated heterocycles. The van der Waals surface area contributed by atoms with E-state index in [4.69, 9.17) is 14.2 Å². The van der Waals surface area contributed by atoms with E-state index >= 15 is 0 Å². The van der Waals surface area contributed by atoms with E-state index in [2.05, 4.69) is 29.0 Å². The molecule has 1 atom stereocenters. The summed E-state index contributed by atoms with van der Waals surface area (Å²) in [6.45, 7) is 1.40. The van der Waals surface area contributed by atoms with Crippen LogP contribution in [-0.4, -0.2) is 43.2 Å². The average molecular weight is 418 g/mol. The lowest BCUT2D eigenvalue weighted by molar-refractivity contribution is -0.128. The van der Waals surface area contributed by atoms with Crippen molar-refractivity contribution in [3.05, 3.63) is 83.7 Å². The zero-order chi connectivity index (χ0) is 21.8. The Hall–Kier alpha value is -3.67. The Kier molecular flexibility index (Phi) is 5.98. The molecule has 1 aliphatic rings. The number of methoxy groups -OCH3 is 3. The number of aromatic nitrogens is 1. The van der Waals surface area contributed by atoms with Gasteiger partial charge >= 0.3 is 0 Å². The predicted molar refractivity (Wildman–Crippen MR) is 120 cm³/mol. The van der Waals surface area contributed by atoms with Gasteiger partial charge < -0.3 is 23.7 Å². The van der Waals surface area contributed by atoms with Crippen LogP contribution in [0.1, 0.15) is 22.9 Å². The third kappa shape index (κ3) is 4.01. The van der Waals surface area contributed by atoms with Crippen LogP contribution in [0.4, 0.5) is 0 Å². The normalized spacial score (nSPS) is 15.6. The quantitative estimate of drug-likeness (QED) is 0.564. The molecule has 0 saturated carbocycles. The summed E-state index contributed by atoms with van der Waals surface area (Å²) in [5.41, 5.74) is 2.95. The molecule has 4 rings (SSSR count). The minimum absolute atomic E-state index is 0.0573. The molecule has 0 unspecified atom stereocenters. The third-order valence-electron chi connectivity index (χ3n) is 5.58. The van der Waals surface area contributed by atoms with Crippen molar-refractivity contribution in [3.8, 4) is 17.2 Å². The molecule has 2 aromatic carbocycles. The second kappa shape index (κ2) is 9.00. The monoisotopic (exact) mass is 418 g/mol. The van der Waals surface area contributed by atoms with Crippen LogP contribution < -0.4 is 14.2 Å². The Morgan fingerprint density at radius 3 is 2.32 bits per heavy atom. The predicted octanol–water partition coefficient (Wildman–Crippen LogP) is 4.16. The van der Waals surface area contributed by atoms with Crippen molar-refractivity contribution in [2.24, 2.45) is 0 Å². The van der Waals surface area contributed by atoms with Gasteiger partial charge in [-0.15, -0.1) is 0 Å². The Bertz CT molecular complexity index is 1090. The summed E-state index contributed by atoms with van der Waals surface area (Å²) in [6, 6.07) is 17.7. The molecule has 0 aliphatic carbocycles. The van der Waals surface area contributed by atoms with Crippen molar-refractivity contribution in [1.82, 2.24) is 9.47 Å². The Morgan fingerprint density at radius 1 is 0.903 bits per heavy atom. The molecule has 0 bridgehead atoms. The van der Waals surface area contributed by atoms with Crippen molar-refractivity contribution in [1.29, 1.82) is 0 Å². The lowest BCUT2D eigenvalue weighted by atomic mass is 9.99. The smallest absolute Gasteiger partial charge is 0.247 e. The first-order valence-corrected chi connectivity index (χ1v) is 10.1. The topological polar surface area (TPSA) is 52.9 Å². The van der Waals surface area contributed by atoms with Crippen molar-refractivity contribution in [3.63, 3.8) is 0 Å². The average Bonchev–Trinajstić information content (AvgIpc) is 3.30. The van der Waals surface area contributed by atoms with E-state index < -0.39 is 0 Å². The number of rotatable bonds is 6. The number of carbonyl (C=O) groups is 1.